The molecule has 1 saturated heterocycles. The normalized spacial score (nSPS) is 20.2. The van der Waals surface area contributed by atoms with E-state index in [9.17, 15) is 9.59 Å². The van der Waals surface area contributed by atoms with Gasteiger partial charge in [0, 0.05) is 43.0 Å². The lowest BCUT2D eigenvalue weighted by Gasteiger charge is -2.43. The highest BCUT2D eigenvalue weighted by Crippen LogP contribution is 2.35. The number of thiocarbonyl (C=S) groups is 1. The fourth-order valence-corrected chi connectivity index (χ4v) is 4.44. The molecule has 0 amide bonds. The van der Waals surface area contributed by atoms with Crippen LogP contribution in [0.25, 0.3) is 0 Å². The van der Waals surface area contributed by atoms with Crippen LogP contribution in [0.15, 0.2) is 47.3 Å². The van der Waals surface area contributed by atoms with Crippen molar-refractivity contribution in [2.75, 3.05) is 25.0 Å². The molecule has 7 heteroatoms. The van der Waals surface area contributed by atoms with E-state index in [1.807, 2.05) is 22.8 Å². The Morgan fingerprint density at radius 2 is 1.96 bits per heavy atom. The third kappa shape index (κ3) is 3.67. The predicted octanol–water partition coefficient (Wildman–Crippen LogP) is 2.84. The minimum absolute atomic E-state index is 0.0861. The van der Waals surface area contributed by atoms with Crippen LogP contribution in [0.4, 0.5) is 5.69 Å². The summed E-state index contributed by atoms with van der Waals surface area (Å²) in [5, 5.41) is 3.94. The zero-order valence-corrected chi connectivity index (χ0v) is 16.6. The lowest BCUT2D eigenvalue weighted by atomic mass is 9.83. The number of piperidine rings is 1. The third-order valence-corrected chi connectivity index (χ3v) is 5.77. The molecular weight excluding hydrogens is 374 g/mol. The van der Waals surface area contributed by atoms with Gasteiger partial charge in [-0.25, -0.2) is 4.79 Å². The number of carbonyl (C=O) groups is 1. The summed E-state index contributed by atoms with van der Waals surface area (Å²) < 4.78 is 6.92. The zero-order valence-electron chi connectivity index (χ0n) is 15.8. The number of carbonyl (C=O) groups excluding carboxylic acids is 1. The molecule has 2 aromatic rings. The second-order valence-corrected chi connectivity index (χ2v) is 7.72. The number of pyridine rings is 1. The van der Waals surface area contributed by atoms with Crippen LogP contribution in [0.5, 0.6) is 0 Å². The number of likely N-dealkylation sites (tertiary alicyclic amines) is 1. The van der Waals surface area contributed by atoms with Gasteiger partial charge in [0.25, 0.3) is 5.56 Å². The Balaban J connectivity index is 1.44. The predicted molar refractivity (Wildman–Crippen MR) is 112 cm³/mol. The number of benzene rings is 1. The summed E-state index contributed by atoms with van der Waals surface area (Å²) in [5.41, 5.74) is 2.55. The first kappa shape index (κ1) is 18.7. The topological polar surface area (TPSA) is 63.6 Å². The molecule has 28 heavy (non-hydrogen) atoms. The number of esters is 1. The van der Waals surface area contributed by atoms with Gasteiger partial charge in [-0.05, 0) is 61.8 Å². The fraction of sp³-hybridized carbons (Fsp3) is 0.381. The van der Waals surface area contributed by atoms with Crippen LogP contribution < -0.4 is 10.9 Å². The number of anilines is 1. The molecule has 146 valence electrons. The van der Waals surface area contributed by atoms with Gasteiger partial charge in [0.05, 0.1) is 12.2 Å². The maximum atomic E-state index is 12.1. The smallest absolute Gasteiger partial charge is 0.338 e. The molecule has 2 atom stereocenters. The van der Waals surface area contributed by atoms with Gasteiger partial charge in [-0.1, -0.05) is 6.07 Å². The first-order valence-electron chi connectivity index (χ1n) is 9.58. The second kappa shape index (κ2) is 7.75. The average Bonchev–Trinajstić information content (AvgIpc) is 2.69. The van der Waals surface area contributed by atoms with Crippen LogP contribution in [0.3, 0.4) is 0 Å². The molecule has 1 aromatic heterocycles. The first-order chi connectivity index (χ1) is 13.5. The minimum Gasteiger partial charge on any atom is -0.462 e. The molecular formula is C21H23N3O3S. The summed E-state index contributed by atoms with van der Waals surface area (Å²) in [4.78, 5) is 26.1. The van der Waals surface area contributed by atoms with Gasteiger partial charge in [0.15, 0.2) is 5.11 Å². The molecule has 0 radical (unpaired) electrons. The van der Waals surface area contributed by atoms with Crippen LogP contribution in [-0.2, 0) is 11.3 Å². The maximum Gasteiger partial charge on any atom is 0.338 e. The van der Waals surface area contributed by atoms with Crippen LogP contribution >= 0.6 is 12.2 Å². The van der Waals surface area contributed by atoms with Crippen LogP contribution in [-0.4, -0.2) is 40.2 Å². The lowest BCUT2D eigenvalue weighted by molar-refractivity contribution is 0.0526. The Morgan fingerprint density at radius 1 is 1.18 bits per heavy atom. The van der Waals surface area contributed by atoms with Crippen molar-refractivity contribution in [3.63, 3.8) is 0 Å². The van der Waals surface area contributed by atoms with Gasteiger partial charge in [0.1, 0.15) is 0 Å². The lowest BCUT2D eigenvalue weighted by Crippen LogP contribution is -2.50. The van der Waals surface area contributed by atoms with Crippen LogP contribution in [0.2, 0.25) is 0 Å². The van der Waals surface area contributed by atoms with E-state index >= 15 is 0 Å². The molecule has 0 spiro atoms. The zero-order chi connectivity index (χ0) is 19.7. The highest BCUT2D eigenvalue weighted by atomic mass is 32.1. The third-order valence-electron chi connectivity index (χ3n) is 5.41. The van der Waals surface area contributed by atoms with Crippen molar-refractivity contribution in [1.29, 1.82) is 0 Å². The van der Waals surface area contributed by atoms with Gasteiger partial charge >= 0.3 is 5.97 Å². The Labute approximate surface area is 169 Å². The van der Waals surface area contributed by atoms with E-state index in [0.717, 1.165) is 37.4 Å². The number of ether oxygens (including phenoxy) is 1. The molecule has 4 rings (SSSR count). The summed E-state index contributed by atoms with van der Waals surface area (Å²) in [6.07, 6.45) is 1.09. The van der Waals surface area contributed by atoms with Crippen molar-refractivity contribution in [1.82, 2.24) is 9.47 Å². The molecule has 0 unspecified atom stereocenters. The summed E-state index contributed by atoms with van der Waals surface area (Å²) in [6.45, 7) is 4.53. The standard InChI is InChI=1S/C21H23N3O3S/c1-2-27-20(26)15-6-8-17(9-7-15)22-21(28)23-11-14-10-16(13-23)18-4-3-5-19(25)24(18)12-14/h3-9,14,16H,2,10-13H2,1H3,(H,22,28)/t14-,16+/m0/s1. The van der Waals surface area contributed by atoms with E-state index in [-0.39, 0.29) is 11.5 Å². The first-order valence-corrected chi connectivity index (χ1v) is 9.99. The van der Waals surface area contributed by atoms with E-state index < -0.39 is 0 Å². The van der Waals surface area contributed by atoms with E-state index in [2.05, 4.69) is 16.3 Å². The number of nitrogens with zero attached hydrogens (tertiary/aromatic N) is 2. The molecule has 0 aliphatic carbocycles. The summed E-state index contributed by atoms with van der Waals surface area (Å²) in [5.74, 6) is 0.402. The Morgan fingerprint density at radius 3 is 2.71 bits per heavy atom. The second-order valence-electron chi connectivity index (χ2n) is 7.33. The summed E-state index contributed by atoms with van der Waals surface area (Å²) in [7, 11) is 0. The maximum absolute atomic E-state index is 12.1. The fourth-order valence-electron chi connectivity index (χ4n) is 4.17. The van der Waals surface area contributed by atoms with Crippen molar-refractivity contribution in [3.8, 4) is 0 Å². The van der Waals surface area contributed by atoms with Crippen molar-refractivity contribution >= 4 is 29.0 Å². The van der Waals surface area contributed by atoms with Crippen molar-refractivity contribution in [3.05, 3.63) is 64.1 Å². The van der Waals surface area contributed by atoms with Gasteiger partial charge in [-0.15, -0.1) is 0 Å². The molecule has 6 nitrogen and oxygen atoms in total. The molecule has 3 heterocycles. The van der Waals surface area contributed by atoms with E-state index in [1.54, 1.807) is 25.1 Å². The summed E-state index contributed by atoms with van der Waals surface area (Å²) >= 11 is 5.64. The van der Waals surface area contributed by atoms with E-state index in [0.29, 0.717) is 29.1 Å². The van der Waals surface area contributed by atoms with Gasteiger partial charge in [0.2, 0.25) is 0 Å². The number of nitrogens with one attached hydrogen (secondary N) is 1. The Bertz CT molecular complexity index is 954. The van der Waals surface area contributed by atoms with Gasteiger partial charge < -0.3 is 19.5 Å². The van der Waals surface area contributed by atoms with Crippen molar-refractivity contribution < 1.29 is 9.53 Å². The highest BCUT2D eigenvalue weighted by molar-refractivity contribution is 7.80. The van der Waals surface area contributed by atoms with E-state index in [4.69, 9.17) is 17.0 Å². The molecule has 0 saturated carbocycles. The van der Waals surface area contributed by atoms with Crippen LogP contribution in [0, 0.1) is 5.92 Å². The Kier molecular flexibility index (Phi) is 5.17. The molecule has 1 fully saturated rings. The molecule has 1 N–H and O–H groups in total. The highest BCUT2D eigenvalue weighted by Gasteiger charge is 2.35. The average molecular weight is 398 g/mol. The monoisotopic (exact) mass is 397 g/mol. The molecule has 2 bridgehead atoms. The molecule has 2 aliphatic heterocycles. The van der Waals surface area contributed by atoms with Gasteiger partial charge in [-0.3, -0.25) is 4.79 Å². The number of aromatic nitrogens is 1. The number of hydrogen-bond donors (Lipinski definition) is 1. The molecule has 2 aliphatic rings. The van der Waals surface area contributed by atoms with E-state index in [1.165, 1.54) is 0 Å². The minimum atomic E-state index is -0.325. The number of fused-ring (bicyclic) bond motifs is 4. The number of rotatable bonds is 3. The number of hydrogen-bond acceptors (Lipinski definition) is 4. The van der Waals surface area contributed by atoms with Crippen molar-refractivity contribution in [2.24, 2.45) is 5.92 Å². The SMILES string of the molecule is CCOC(=O)c1ccc(NC(=S)N2C[C@@H]3C[C@H](C2)c2cccc(=O)n2C3)cc1. The largest absolute Gasteiger partial charge is 0.462 e. The van der Waals surface area contributed by atoms with Crippen LogP contribution in [0.1, 0.15) is 35.3 Å². The quantitative estimate of drug-likeness (QED) is 0.635. The summed E-state index contributed by atoms with van der Waals surface area (Å²) in [6, 6.07) is 12.7. The van der Waals surface area contributed by atoms with Gasteiger partial charge in [-0.2, -0.15) is 0 Å². The molecule has 1 aromatic carbocycles. The Hall–Kier alpha value is -2.67. The van der Waals surface area contributed by atoms with Crippen molar-refractivity contribution in [2.45, 2.75) is 25.8 Å².